The van der Waals surface area contributed by atoms with Crippen molar-refractivity contribution in [2.24, 2.45) is 5.73 Å². The fraction of sp³-hybridized carbons (Fsp3) is 0.722. The summed E-state index contributed by atoms with van der Waals surface area (Å²) < 4.78 is 66.5. The first-order valence-corrected chi connectivity index (χ1v) is 11.3. The normalized spacial score (nSPS) is 35.3. The lowest BCUT2D eigenvalue weighted by molar-refractivity contribution is -0.158. The number of alkyl halides is 2. The number of esters is 1. The van der Waals surface area contributed by atoms with E-state index in [2.05, 4.69) is 4.74 Å². The number of amides is 1. The number of fused-ring (bicyclic) bond motifs is 1. The lowest BCUT2D eigenvalue weighted by atomic mass is 9.92. The number of rotatable bonds is 7. The van der Waals surface area contributed by atoms with Gasteiger partial charge in [-0.25, -0.2) is 13.3 Å². The zero-order chi connectivity index (χ0) is 23.9. The zero-order valence-electron chi connectivity index (χ0n) is 17.7. The molecule has 180 valence electrons. The molecular formula is C18H25F2N2O9P. The Hall–Kier alpha value is -1.76. The Morgan fingerprint density at radius 2 is 2.12 bits per heavy atom. The van der Waals surface area contributed by atoms with Gasteiger partial charge in [-0.05, 0) is 26.8 Å². The van der Waals surface area contributed by atoms with Crippen LogP contribution in [0.3, 0.4) is 0 Å². The fourth-order valence-corrected chi connectivity index (χ4v) is 5.01. The van der Waals surface area contributed by atoms with E-state index in [9.17, 15) is 27.7 Å². The summed E-state index contributed by atoms with van der Waals surface area (Å²) in [5.74, 6) is -5.76. The molecular weight excluding hydrogens is 457 g/mol. The number of phosphoric ester groups is 1. The molecule has 3 aliphatic rings. The predicted octanol–water partition coefficient (Wildman–Crippen LogP) is 1.26. The van der Waals surface area contributed by atoms with Crippen molar-refractivity contribution < 1.29 is 50.8 Å². The molecule has 11 nitrogen and oxygen atoms in total. The van der Waals surface area contributed by atoms with Crippen LogP contribution in [0.2, 0.25) is 0 Å². The molecule has 5 atom stereocenters. The SMILES string of the molecule is CC(C)OC(=O)CC(F)(F)CO[P@]1(=O)OC[C@H]2O[C@@H](N3C=CC(=O)CC3=O)[C@](C)(N)[C@@H]2O1. The van der Waals surface area contributed by atoms with Crippen LogP contribution in [0, 0.1) is 0 Å². The topological polar surface area (TPSA) is 144 Å². The van der Waals surface area contributed by atoms with Gasteiger partial charge in [0.2, 0.25) is 5.91 Å². The van der Waals surface area contributed by atoms with Crippen LogP contribution < -0.4 is 5.73 Å². The molecule has 0 radical (unpaired) electrons. The smallest absolute Gasteiger partial charge is 0.463 e. The number of ketones is 1. The van der Waals surface area contributed by atoms with Crippen molar-refractivity contribution in [3.63, 3.8) is 0 Å². The van der Waals surface area contributed by atoms with Crippen LogP contribution in [0.15, 0.2) is 12.3 Å². The number of hydrogen-bond acceptors (Lipinski definition) is 10. The number of allylic oxidation sites excluding steroid dienone is 1. The van der Waals surface area contributed by atoms with Crippen molar-refractivity contribution in [1.82, 2.24) is 4.90 Å². The first kappa shape index (κ1) is 24.9. The quantitative estimate of drug-likeness (QED) is 0.320. The van der Waals surface area contributed by atoms with Crippen molar-refractivity contribution in [3.05, 3.63) is 12.3 Å². The van der Waals surface area contributed by atoms with Crippen molar-refractivity contribution in [3.8, 4) is 0 Å². The van der Waals surface area contributed by atoms with Gasteiger partial charge in [0.25, 0.3) is 5.92 Å². The van der Waals surface area contributed by atoms with E-state index in [0.717, 1.165) is 4.90 Å². The van der Waals surface area contributed by atoms with Gasteiger partial charge < -0.3 is 15.2 Å². The Bertz CT molecular complexity index is 863. The lowest BCUT2D eigenvalue weighted by Crippen LogP contribution is -2.60. The third-order valence-corrected chi connectivity index (χ3v) is 6.31. The van der Waals surface area contributed by atoms with Crippen LogP contribution in [-0.4, -0.2) is 71.8 Å². The average Bonchev–Trinajstić information content (AvgIpc) is 2.90. The molecule has 32 heavy (non-hydrogen) atoms. The number of nitrogens with zero attached hydrogens (tertiary/aromatic N) is 1. The third kappa shape index (κ3) is 5.41. The Kier molecular flexibility index (Phi) is 6.90. The van der Waals surface area contributed by atoms with E-state index in [1.165, 1.54) is 33.0 Å². The van der Waals surface area contributed by atoms with Crippen molar-refractivity contribution in [2.75, 3.05) is 13.2 Å². The summed E-state index contributed by atoms with van der Waals surface area (Å²) in [6.45, 7) is 2.70. The number of hydrogen-bond donors (Lipinski definition) is 1. The maximum Gasteiger partial charge on any atom is 0.475 e. The molecule has 0 aromatic carbocycles. The summed E-state index contributed by atoms with van der Waals surface area (Å²) >= 11 is 0. The van der Waals surface area contributed by atoms with E-state index in [1.807, 2.05) is 0 Å². The molecule has 0 aromatic heterocycles. The van der Waals surface area contributed by atoms with E-state index in [4.69, 9.17) is 24.0 Å². The predicted molar refractivity (Wildman–Crippen MR) is 102 cm³/mol. The molecule has 14 heteroatoms. The van der Waals surface area contributed by atoms with Gasteiger partial charge >= 0.3 is 13.8 Å². The fourth-order valence-electron chi connectivity index (χ4n) is 3.49. The zero-order valence-corrected chi connectivity index (χ0v) is 18.6. The van der Waals surface area contributed by atoms with Crippen LogP contribution >= 0.6 is 7.82 Å². The van der Waals surface area contributed by atoms with Gasteiger partial charge in [-0.15, -0.1) is 0 Å². The molecule has 3 heterocycles. The molecule has 1 amide bonds. The van der Waals surface area contributed by atoms with Gasteiger partial charge in [0.05, 0.1) is 24.7 Å². The maximum atomic E-state index is 14.1. The summed E-state index contributed by atoms with van der Waals surface area (Å²) in [5, 5.41) is 0. The number of phosphoric acid groups is 1. The highest BCUT2D eigenvalue weighted by atomic mass is 31.2. The second-order valence-corrected chi connectivity index (χ2v) is 9.89. The van der Waals surface area contributed by atoms with Crippen molar-refractivity contribution in [2.45, 2.75) is 69.6 Å². The maximum absolute atomic E-state index is 14.1. The number of halogens is 2. The molecule has 2 saturated heterocycles. The Morgan fingerprint density at radius 3 is 2.75 bits per heavy atom. The van der Waals surface area contributed by atoms with E-state index in [0.29, 0.717) is 0 Å². The minimum absolute atomic E-state index is 0.364. The monoisotopic (exact) mass is 482 g/mol. The average molecular weight is 482 g/mol. The Morgan fingerprint density at radius 1 is 1.44 bits per heavy atom. The molecule has 0 bridgehead atoms. The lowest BCUT2D eigenvalue weighted by Gasteiger charge is -2.38. The molecule has 3 rings (SSSR count). The van der Waals surface area contributed by atoms with Crippen LogP contribution in [-0.2, 0) is 42.0 Å². The van der Waals surface area contributed by atoms with Gasteiger partial charge in [-0.3, -0.25) is 32.9 Å². The van der Waals surface area contributed by atoms with E-state index >= 15 is 0 Å². The summed E-state index contributed by atoms with van der Waals surface area (Å²) in [7, 11) is -4.49. The van der Waals surface area contributed by atoms with Crippen LogP contribution in [0.25, 0.3) is 0 Å². The largest absolute Gasteiger partial charge is 0.475 e. The van der Waals surface area contributed by atoms with Gasteiger partial charge in [0.1, 0.15) is 25.2 Å². The van der Waals surface area contributed by atoms with Gasteiger partial charge in [0.15, 0.2) is 12.0 Å². The molecule has 0 unspecified atom stereocenters. The highest BCUT2D eigenvalue weighted by Crippen LogP contribution is 2.58. The minimum Gasteiger partial charge on any atom is -0.463 e. The number of nitrogens with two attached hydrogens (primary N) is 1. The summed E-state index contributed by atoms with van der Waals surface area (Å²) in [4.78, 5) is 36.3. The highest BCUT2D eigenvalue weighted by molar-refractivity contribution is 7.48. The molecule has 0 spiro atoms. The summed E-state index contributed by atoms with van der Waals surface area (Å²) in [6, 6.07) is 0. The second-order valence-electron chi connectivity index (χ2n) is 8.27. The first-order chi connectivity index (χ1) is 14.7. The number of carbonyl (C=O) groups excluding carboxylic acids is 3. The Balaban J connectivity index is 1.65. The minimum atomic E-state index is -4.49. The van der Waals surface area contributed by atoms with Gasteiger partial charge in [0, 0.05) is 6.20 Å². The molecule has 2 N–H and O–H groups in total. The van der Waals surface area contributed by atoms with E-state index < -0.39 is 68.7 Å². The Labute approximate surface area is 182 Å². The number of ether oxygens (including phenoxy) is 2. The molecule has 0 aliphatic carbocycles. The highest BCUT2D eigenvalue weighted by Gasteiger charge is 2.60. The van der Waals surface area contributed by atoms with E-state index in [1.54, 1.807) is 0 Å². The standard InChI is InChI=1S/C18H25F2N2O9P/c1-10(2)29-14(25)7-18(19,20)9-28-32(26)27-8-12-15(31-32)17(3,21)16(30-12)22-5-4-11(23)6-13(22)24/h4-5,10,12,15-16H,6-9,21H2,1-3H3/t12-,15-,16-,17-,32+/m1/s1. The van der Waals surface area contributed by atoms with Crippen molar-refractivity contribution in [1.29, 1.82) is 0 Å². The van der Waals surface area contributed by atoms with Gasteiger partial charge in [-0.1, -0.05) is 0 Å². The van der Waals surface area contributed by atoms with E-state index in [-0.39, 0.29) is 18.8 Å². The van der Waals surface area contributed by atoms with Crippen LogP contribution in [0.4, 0.5) is 8.78 Å². The first-order valence-electron chi connectivity index (χ1n) is 9.84. The molecule has 2 fully saturated rings. The molecule has 0 aromatic rings. The van der Waals surface area contributed by atoms with Crippen LogP contribution in [0.1, 0.15) is 33.6 Å². The molecule has 3 aliphatic heterocycles. The van der Waals surface area contributed by atoms with Gasteiger partial charge in [-0.2, -0.15) is 0 Å². The summed E-state index contributed by atoms with van der Waals surface area (Å²) in [6.07, 6.45) is -2.89. The molecule has 0 saturated carbocycles. The third-order valence-electron chi connectivity index (χ3n) is 4.92. The van der Waals surface area contributed by atoms with Crippen molar-refractivity contribution >= 4 is 25.5 Å². The second kappa shape index (κ2) is 8.88. The number of carbonyl (C=O) groups is 3. The van der Waals surface area contributed by atoms with Crippen LogP contribution in [0.5, 0.6) is 0 Å². The summed E-state index contributed by atoms with van der Waals surface area (Å²) in [5.41, 5.74) is 4.87.